The first-order valence-corrected chi connectivity index (χ1v) is 7.21. The zero-order chi connectivity index (χ0) is 16.2. The van der Waals surface area contributed by atoms with Crippen LogP contribution in [0.4, 0.5) is 0 Å². The maximum atomic E-state index is 12.6. The molecule has 0 fully saturated rings. The van der Waals surface area contributed by atoms with E-state index in [0.717, 1.165) is 11.1 Å². The second-order valence-corrected chi connectivity index (χ2v) is 6.54. The number of rotatable bonds is 6. The molecule has 1 unspecified atom stereocenters. The number of benzene rings is 1. The van der Waals surface area contributed by atoms with Gasteiger partial charge in [0.15, 0.2) is 5.78 Å². The molecule has 1 rings (SSSR count). The van der Waals surface area contributed by atoms with E-state index in [0.29, 0.717) is 12.0 Å². The van der Waals surface area contributed by atoms with Crippen molar-refractivity contribution in [3.63, 3.8) is 0 Å². The van der Waals surface area contributed by atoms with Crippen molar-refractivity contribution in [3.8, 4) is 0 Å². The molecule has 0 heterocycles. The van der Waals surface area contributed by atoms with Crippen LogP contribution in [0.15, 0.2) is 18.2 Å². The lowest BCUT2D eigenvalue weighted by Gasteiger charge is -2.27. The first kappa shape index (κ1) is 17.4. The molecule has 0 spiro atoms. The van der Waals surface area contributed by atoms with Crippen molar-refractivity contribution in [2.75, 3.05) is 0 Å². The highest BCUT2D eigenvalue weighted by Crippen LogP contribution is 2.15. The van der Waals surface area contributed by atoms with Crippen LogP contribution in [0.1, 0.15) is 55.1 Å². The van der Waals surface area contributed by atoms with E-state index in [-0.39, 0.29) is 17.7 Å². The van der Waals surface area contributed by atoms with Gasteiger partial charge >= 0.3 is 5.97 Å². The molecule has 116 valence electrons. The molecule has 0 radical (unpaired) electrons. The second-order valence-electron chi connectivity index (χ2n) is 6.54. The molecule has 1 aromatic carbocycles. The molecule has 4 nitrogen and oxygen atoms in total. The molecule has 0 aliphatic heterocycles. The summed E-state index contributed by atoms with van der Waals surface area (Å²) in [5.74, 6) is -0.933. The number of carbonyl (C=O) groups excluding carboxylic acids is 1. The fourth-order valence-corrected chi connectivity index (χ4v) is 2.16. The van der Waals surface area contributed by atoms with Crippen LogP contribution >= 0.6 is 0 Å². The minimum Gasteiger partial charge on any atom is -0.481 e. The number of hydrogen-bond acceptors (Lipinski definition) is 3. The highest BCUT2D eigenvalue weighted by Gasteiger charge is 2.25. The van der Waals surface area contributed by atoms with E-state index in [9.17, 15) is 9.59 Å². The lowest BCUT2D eigenvalue weighted by Crippen LogP contribution is -2.48. The van der Waals surface area contributed by atoms with Crippen LogP contribution < -0.4 is 5.32 Å². The van der Waals surface area contributed by atoms with Crippen LogP contribution in [-0.2, 0) is 4.79 Å². The minimum atomic E-state index is -0.886. The van der Waals surface area contributed by atoms with Crippen LogP contribution in [0.25, 0.3) is 0 Å². The summed E-state index contributed by atoms with van der Waals surface area (Å²) in [6.45, 7) is 9.87. The second kappa shape index (κ2) is 6.85. The molecule has 2 N–H and O–H groups in total. The molecule has 0 amide bonds. The van der Waals surface area contributed by atoms with Gasteiger partial charge in [0.05, 0.1) is 6.04 Å². The van der Waals surface area contributed by atoms with Crippen molar-refractivity contribution in [3.05, 3.63) is 34.9 Å². The summed E-state index contributed by atoms with van der Waals surface area (Å²) >= 11 is 0. The summed E-state index contributed by atoms with van der Waals surface area (Å²) in [7, 11) is 0. The number of ketones is 1. The summed E-state index contributed by atoms with van der Waals surface area (Å²) < 4.78 is 0. The van der Waals surface area contributed by atoms with E-state index in [1.165, 1.54) is 0 Å². The predicted octanol–water partition coefficient (Wildman–Crippen LogP) is 3.11. The van der Waals surface area contributed by atoms with Crippen molar-refractivity contribution in [1.82, 2.24) is 5.32 Å². The summed E-state index contributed by atoms with van der Waals surface area (Å²) in [6.07, 6.45) is 0.267. The van der Waals surface area contributed by atoms with Crippen molar-refractivity contribution in [2.24, 2.45) is 0 Å². The number of carbonyl (C=O) groups is 2. The molecule has 0 saturated heterocycles. The zero-order valence-corrected chi connectivity index (χ0v) is 13.5. The summed E-state index contributed by atoms with van der Waals surface area (Å²) in [4.78, 5) is 23.4. The Labute approximate surface area is 126 Å². The van der Waals surface area contributed by atoms with Crippen molar-refractivity contribution in [1.29, 1.82) is 0 Å². The van der Waals surface area contributed by atoms with Crippen molar-refractivity contribution >= 4 is 11.8 Å². The average molecular weight is 291 g/mol. The molecule has 0 bridgehead atoms. The Morgan fingerprint density at radius 1 is 1.19 bits per heavy atom. The quantitative estimate of drug-likeness (QED) is 0.790. The number of aliphatic carboxylic acids is 1. The van der Waals surface area contributed by atoms with E-state index < -0.39 is 12.0 Å². The van der Waals surface area contributed by atoms with Crippen molar-refractivity contribution < 1.29 is 14.7 Å². The molecule has 0 aliphatic rings. The van der Waals surface area contributed by atoms with Gasteiger partial charge in [-0.3, -0.25) is 9.59 Å². The number of nitrogens with one attached hydrogen (secondary N) is 1. The van der Waals surface area contributed by atoms with Gasteiger partial charge in [-0.25, -0.2) is 0 Å². The van der Waals surface area contributed by atoms with E-state index >= 15 is 0 Å². The predicted molar refractivity (Wildman–Crippen MR) is 83.8 cm³/mol. The number of carboxylic acid groups (broad SMARTS) is 1. The Balaban J connectivity index is 2.97. The van der Waals surface area contributed by atoms with Gasteiger partial charge in [-0.05, 0) is 58.2 Å². The van der Waals surface area contributed by atoms with Gasteiger partial charge in [0, 0.05) is 17.5 Å². The molecule has 0 aliphatic carbocycles. The number of hydrogen-bond donors (Lipinski definition) is 2. The number of carboxylic acids is 1. The van der Waals surface area contributed by atoms with Crippen LogP contribution in [0.5, 0.6) is 0 Å². The summed E-state index contributed by atoms with van der Waals surface area (Å²) in [6, 6.07) is 5.12. The van der Waals surface area contributed by atoms with Gasteiger partial charge in [-0.1, -0.05) is 12.1 Å². The standard InChI is InChI=1S/C17H25NO3/c1-11-6-7-13(10-12(11)2)16(21)14(8-9-15(19)20)18-17(3,4)5/h6-7,10,14,18H,8-9H2,1-5H3,(H,19,20). The van der Waals surface area contributed by atoms with Crippen LogP contribution in [-0.4, -0.2) is 28.4 Å². The molecular formula is C17H25NO3. The Kier molecular flexibility index (Phi) is 5.67. The third-order valence-electron chi connectivity index (χ3n) is 3.36. The lowest BCUT2D eigenvalue weighted by molar-refractivity contribution is -0.137. The maximum absolute atomic E-state index is 12.6. The van der Waals surface area contributed by atoms with E-state index in [4.69, 9.17) is 5.11 Å². The molecule has 1 atom stereocenters. The van der Waals surface area contributed by atoms with Crippen LogP contribution in [0.3, 0.4) is 0 Å². The summed E-state index contributed by atoms with van der Waals surface area (Å²) in [5, 5.41) is 12.1. The van der Waals surface area contributed by atoms with E-state index in [1.54, 1.807) is 0 Å². The van der Waals surface area contributed by atoms with Gasteiger partial charge in [0.25, 0.3) is 0 Å². The Hall–Kier alpha value is -1.68. The largest absolute Gasteiger partial charge is 0.481 e. The van der Waals surface area contributed by atoms with Gasteiger partial charge in [-0.15, -0.1) is 0 Å². The Morgan fingerprint density at radius 2 is 1.81 bits per heavy atom. The topological polar surface area (TPSA) is 66.4 Å². The van der Waals surface area contributed by atoms with Gasteiger partial charge in [0.2, 0.25) is 0 Å². The Bertz CT molecular complexity index is 529. The normalized spacial score (nSPS) is 13.0. The first-order valence-electron chi connectivity index (χ1n) is 7.21. The zero-order valence-electron chi connectivity index (χ0n) is 13.5. The molecule has 0 aromatic heterocycles. The summed E-state index contributed by atoms with van der Waals surface area (Å²) in [5.41, 5.74) is 2.58. The highest BCUT2D eigenvalue weighted by molar-refractivity contribution is 6.00. The number of Topliss-reactive ketones (excluding diaryl/α,β-unsaturated/α-hetero) is 1. The van der Waals surface area contributed by atoms with Gasteiger partial charge < -0.3 is 10.4 Å². The van der Waals surface area contributed by atoms with Crippen molar-refractivity contribution in [2.45, 2.75) is 59.0 Å². The van der Waals surface area contributed by atoms with E-state index in [1.807, 2.05) is 52.8 Å². The highest BCUT2D eigenvalue weighted by atomic mass is 16.4. The van der Waals surface area contributed by atoms with Crippen LogP contribution in [0.2, 0.25) is 0 Å². The smallest absolute Gasteiger partial charge is 0.303 e. The van der Waals surface area contributed by atoms with Gasteiger partial charge in [-0.2, -0.15) is 0 Å². The third-order valence-corrected chi connectivity index (χ3v) is 3.36. The lowest BCUT2D eigenvalue weighted by atomic mass is 9.95. The molecule has 4 heteroatoms. The SMILES string of the molecule is Cc1ccc(C(=O)C(CCC(=O)O)NC(C)(C)C)cc1C. The fourth-order valence-electron chi connectivity index (χ4n) is 2.16. The number of aryl methyl sites for hydroxylation is 2. The molecule has 0 saturated carbocycles. The first-order chi connectivity index (χ1) is 9.60. The fraction of sp³-hybridized carbons (Fsp3) is 0.529. The third kappa shape index (κ3) is 5.68. The maximum Gasteiger partial charge on any atom is 0.303 e. The van der Waals surface area contributed by atoms with Crippen LogP contribution in [0, 0.1) is 13.8 Å². The minimum absolute atomic E-state index is 0.0235. The van der Waals surface area contributed by atoms with Gasteiger partial charge in [0.1, 0.15) is 0 Å². The average Bonchev–Trinajstić information content (AvgIpc) is 2.35. The van der Waals surface area contributed by atoms with E-state index in [2.05, 4.69) is 5.32 Å². The Morgan fingerprint density at radius 3 is 2.29 bits per heavy atom. The molecule has 1 aromatic rings. The monoisotopic (exact) mass is 291 g/mol. The molecule has 21 heavy (non-hydrogen) atoms. The molecular weight excluding hydrogens is 266 g/mol.